The Balaban J connectivity index is 1.26. The molecule has 0 saturated carbocycles. The number of para-hydroxylation sites is 3. The molecular formula is C32H34N6O8S. The lowest BCUT2D eigenvalue weighted by molar-refractivity contribution is -0.387. The van der Waals surface area contributed by atoms with Crippen LogP contribution in [0.4, 0.5) is 11.4 Å². The van der Waals surface area contributed by atoms with E-state index in [1.54, 1.807) is 55.1 Å². The van der Waals surface area contributed by atoms with E-state index in [4.69, 9.17) is 19.3 Å². The van der Waals surface area contributed by atoms with Gasteiger partial charge in [0.1, 0.15) is 11.4 Å². The van der Waals surface area contributed by atoms with Crippen molar-refractivity contribution in [1.29, 1.82) is 0 Å². The zero-order valence-electron chi connectivity index (χ0n) is 25.9. The van der Waals surface area contributed by atoms with Gasteiger partial charge in [-0.25, -0.2) is 17.9 Å². The number of anilines is 1. The molecule has 47 heavy (non-hydrogen) atoms. The number of hydrogen-bond acceptors (Lipinski definition) is 11. The van der Waals surface area contributed by atoms with E-state index in [9.17, 15) is 23.3 Å². The number of benzene rings is 3. The number of carbonyl (C=O) groups excluding carboxylic acids is 1. The second-order valence-electron chi connectivity index (χ2n) is 10.9. The summed E-state index contributed by atoms with van der Waals surface area (Å²) in [7, 11) is -2.51. The molecule has 6 rings (SSSR count). The number of nitro benzene ring substituents is 1. The van der Waals surface area contributed by atoms with E-state index >= 15 is 0 Å². The number of sulfonamides is 1. The van der Waals surface area contributed by atoms with Gasteiger partial charge in [-0.3, -0.25) is 15.0 Å². The Bertz CT molecular complexity index is 1890. The van der Waals surface area contributed by atoms with Crippen LogP contribution >= 0.6 is 0 Å². The molecular weight excluding hydrogens is 628 g/mol. The number of carbonyl (C=O) groups is 1. The molecule has 0 spiro atoms. The van der Waals surface area contributed by atoms with Crippen LogP contribution in [0.2, 0.25) is 0 Å². The monoisotopic (exact) mass is 662 g/mol. The molecule has 0 bridgehead atoms. The van der Waals surface area contributed by atoms with E-state index in [1.165, 1.54) is 28.6 Å². The van der Waals surface area contributed by atoms with Gasteiger partial charge in [0.25, 0.3) is 5.69 Å². The van der Waals surface area contributed by atoms with Crippen LogP contribution in [0, 0.1) is 10.1 Å². The fraction of sp³-hybridized carbons (Fsp3) is 0.312. The van der Waals surface area contributed by atoms with Crippen molar-refractivity contribution in [1.82, 2.24) is 19.0 Å². The molecule has 3 heterocycles. The number of methoxy groups -OCH3 is 1. The Morgan fingerprint density at radius 3 is 2.36 bits per heavy atom. The van der Waals surface area contributed by atoms with Gasteiger partial charge in [-0.15, -0.1) is 0 Å². The lowest BCUT2D eigenvalue weighted by Gasteiger charge is -2.39. The molecule has 246 valence electrons. The Morgan fingerprint density at radius 2 is 1.68 bits per heavy atom. The maximum absolute atomic E-state index is 13.4. The minimum absolute atomic E-state index is 0.146. The Morgan fingerprint density at radius 1 is 1.00 bits per heavy atom. The van der Waals surface area contributed by atoms with Gasteiger partial charge in [-0.05, 0) is 55.8 Å². The largest absolute Gasteiger partial charge is 0.493 e. The Labute approximate surface area is 271 Å². The minimum Gasteiger partial charge on any atom is -0.493 e. The third-order valence-electron chi connectivity index (χ3n) is 8.19. The zero-order chi connectivity index (χ0) is 33.1. The van der Waals surface area contributed by atoms with Crippen molar-refractivity contribution in [2.45, 2.75) is 24.3 Å². The SMILES string of the molecule is CCOC(=O)c1c2c(nn1-c1ccc(Oc3ccccc3OC)cc1)[C@@H](N1CCN(S(=O)(=O)c3ccccc3[N+](=O)[O-])CC1)CCN2. The molecule has 4 aromatic rings. The number of esters is 1. The first-order valence-corrected chi connectivity index (χ1v) is 16.6. The number of aromatic nitrogens is 2. The minimum atomic E-state index is -4.08. The van der Waals surface area contributed by atoms with Crippen molar-refractivity contribution in [3.8, 4) is 22.9 Å². The van der Waals surface area contributed by atoms with Gasteiger partial charge in [-0.2, -0.15) is 9.40 Å². The maximum atomic E-state index is 13.4. The van der Waals surface area contributed by atoms with Gasteiger partial charge in [-0.1, -0.05) is 24.3 Å². The highest BCUT2D eigenvalue weighted by Crippen LogP contribution is 2.39. The van der Waals surface area contributed by atoms with Crippen LogP contribution in [0.3, 0.4) is 0 Å². The molecule has 1 saturated heterocycles. The highest BCUT2D eigenvalue weighted by molar-refractivity contribution is 7.89. The summed E-state index contributed by atoms with van der Waals surface area (Å²) in [5, 5.41) is 19.8. The highest BCUT2D eigenvalue weighted by atomic mass is 32.2. The number of hydrogen-bond donors (Lipinski definition) is 1. The van der Waals surface area contributed by atoms with E-state index in [1.807, 2.05) is 12.1 Å². The molecule has 2 aliphatic rings. The number of rotatable bonds is 10. The molecule has 0 unspecified atom stereocenters. The fourth-order valence-corrected chi connectivity index (χ4v) is 7.53. The number of ether oxygens (including phenoxy) is 3. The van der Waals surface area contributed by atoms with Crippen molar-refractivity contribution in [3.63, 3.8) is 0 Å². The van der Waals surface area contributed by atoms with E-state index in [2.05, 4.69) is 10.2 Å². The summed E-state index contributed by atoms with van der Waals surface area (Å²) in [4.78, 5) is 26.0. The summed E-state index contributed by atoms with van der Waals surface area (Å²) < 4.78 is 46.5. The van der Waals surface area contributed by atoms with Crippen molar-refractivity contribution in [3.05, 3.63) is 94.3 Å². The number of piperazine rings is 1. The number of nitro groups is 1. The van der Waals surface area contributed by atoms with Gasteiger partial charge in [0.05, 0.1) is 36.1 Å². The highest BCUT2D eigenvalue weighted by Gasteiger charge is 2.39. The number of fused-ring (bicyclic) bond motifs is 1. The number of nitrogens with one attached hydrogen (secondary N) is 1. The molecule has 0 aliphatic carbocycles. The molecule has 0 radical (unpaired) electrons. The van der Waals surface area contributed by atoms with E-state index in [0.717, 1.165) is 0 Å². The molecule has 0 amide bonds. The predicted octanol–water partition coefficient (Wildman–Crippen LogP) is 4.62. The standard InChI is InChI=1S/C32H34N6O8S/c1-3-45-32(39)31-30-29(34-37(31)22-12-14-23(15-13-22)46-27-10-6-5-9-26(27)44-2)25(16-17-33-30)35-18-20-36(21-19-35)47(42,43)28-11-7-4-8-24(28)38(40)41/h4-15,25,33H,3,16-21H2,1-2H3/t25-/m0/s1. The topological polar surface area (TPSA) is 158 Å². The first-order valence-electron chi connectivity index (χ1n) is 15.2. The average Bonchev–Trinajstić information content (AvgIpc) is 3.49. The average molecular weight is 663 g/mol. The van der Waals surface area contributed by atoms with Gasteiger partial charge in [0.2, 0.25) is 10.0 Å². The van der Waals surface area contributed by atoms with Gasteiger partial charge < -0.3 is 19.5 Å². The second kappa shape index (κ2) is 13.4. The van der Waals surface area contributed by atoms with Gasteiger partial charge >= 0.3 is 5.97 Å². The normalized spacial score (nSPS) is 16.9. The molecule has 14 nitrogen and oxygen atoms in total. The van der Waals surface area contributed by atoms with Crippen LogP contribution in [0.25, 0.3) is 5.69 Å². The summed E-state index contributed by atoms with van der Waals surface area (Å²) >= 11 is 0. The van der Waals surface area contributed by atoms with Crippen LogP contribution in [0.15, 0.2) is 77.7 Å². The molecule has 15 heteroatoms. The first kappa shape index (κ1) is 32.0. The Hall–Kier alpha value is -4.99. The molecule has 1 atom stereocenters. The summed E-state index contributed by atoms with van der Waals surface area (Å²) in [6.45, 7) is 3.53. The third kappa shape index (κ3) is 6.24. The zero-order valence-corrected chi connectivity index (χ0v) is 26.7. The summed E-state index contributed by atoms with van der Waals surface area (Å²) in [5.41, 5.74) is 1.67. The molecule has 3 aromatic carbocycles. The van der Waals surface area contributed by atoms with Crippen LogP contribution in [0.1, 0.15) is 35.6 Å². The molecule has 1 N–H and O–H groups in total. The van der Waals surface area contributed by atoms with E-state index in [0.29, 0.717) is 60.4 Å². The van der Waals surface area contributed by atoms with Crippen molar-refractivity contribution < 1.29 is 32.3 Å². The number of nitrogens with zero attached hydrogens (tertiary/aromatic N) is 5. The lowest BCUT2D eigenvalue weighted by Crippen LogP contribution is -2.50. The maximum Gasteiger partial charge on any atom is 0.359 e. The fourth-order valence-electron chi connectivity index (χ4n) is 5.95. The predicted molar refractivity (Wildman–Crippen MR) is 172 cm³/mol. The smallest absolute Gasteiger partial charge is 0.359 e. The third-order valence-corrected chi connectivity index (χ3v) is 10.1. The summed E-state index contributed by atoms with van der Waals surface area (Å²) in [6.07, 6.45) is 0.675. The Kier molecular flexibility index (Phi) is 9.11. The molecule has 1 aromatic heterocycles. The molecule has 1 fully saturated rings. The van der Waals surface area contributed by atoms with Crippen molar-refractivity contribution in [2.24, 2.45) is 0 Å². The molecule has 2 aliphatic heterocycles. The quantitative estimate of drug-likeness (QED) is 0.143. The van der Waals surface area contributed by atoms with Crippen LogP contribution in [-0.2, 0) is 14.8 Å². The summed E-state index contributed by atoms with van der Waals surface area (Å²) in [5.74, 6) is 1.20. The van der Waals surface area contributed by atoms with Crippen LogP contribution in [0.5, 0.6) is 17.2 Å². The second-order valence-corrected chi connectivity index (χ2v) is 12.8. The van der Waals surface area contributed by atoms with Gasteiger partial charge in [0, 0.05) is 38.8 Å². The van der Waals surface area contributed by atoms with Crippen molar-refractivity contribution >= 4 is 27.4 Å². The van der Waals surface area contributed by atoms with E-state index in [-0.39, 0.29) is 36.3 Å². The van der Waals surface area contributed by atoms with Crippen LogP contribution < -0.4 is 14.8 Å². The first-order chi connectivity index (χ1) is 22.7. The summed E-state index contributed by atoms with van der Waals surface area (Å²) in [6, 6.07) is 19.6. The lowest BCUT2D eigenvalue weighted by atomic mass is 10.0. The van der Waals surface area contributed by atoms with Gasteiger partial charge in [0.15, 0.2) is 22.1 Å². The van der Waals surface area contributed by atoms with E-state index < -0.39 is 26.6 Å². The van der Waals surface area contributed by atoms with Crippen molar-refractivity contribution in [2.75, 3.05) is 51.8 Å². The van der Waals surface area contributed by atoms with Crippen LogP contribution in [-0.4, -0.2) is 84.7 Å².